The number of piperidine rings is 1. The molecular weight excluding hydrogens is 250 g/mol. The van der Waals surface area contributed by atoms with Crippen LogP contribution >= 0.6 is 0 Å². The van der Waals surface area contributed by atoms with Gasteiger partial charge in [0.25, 0.3) is 0 Å². The molecule has 1 atom stereocenters. The summed E-state index contributed by atoms with van der Waals surface area (Å²) in [5.41, 5.74) is -0.822. The van der Waals surface area contributed by atoms with Crippen LogP contribution in [0.1, 0.15) is 26.2 Å². The van der Waals surface area contributed by atoms with Crippen LogP contribution in [-0.4, -0.2) is 64.5 Å². The minimum absolute atomic E-state index is 0.0730. The van der Waals surface area contributed by atoms with E-state index in [1.165, 1.54) is 4.90 Å². The van der Waals surface area contributed by atoms with Crippen molar-refractivity contribution >= 4 is 17.8 Å². The summed E-state index contributed by atoms with van der Waals surface area (Å²) in [5.74, 6) is -0.613. The molecule has 4 amide bonds. The number of amides is 4. The van der Waals surface area contributed by atoms with E-state index in [0.717, 1.165) is 6.42 Å². The standard InChI is InChI=1S/C12H19N3O4/c1-2-12(19)4-3-5-14(8-12)10(17)7-15-6-9(16)13-11(15)18/h19H,2-8H2,1H3,(H,13,16,18). The fourth-order valence-electron chi connectivity index (χ4n) is 2.49. The molecule has 7 heteroatoms. The molecular formula is C12H19N3O4. The topological polar surface area (TPSA) is 89.9 Å². The first-order chi connectivity index (χ1) is 8.93. The summed E-state index contributed by atoms with van der Waals surface area (Å²) in [6.07, 6.45) is 2.04. The fourth-order valence-corrected chi connectivity index (χ4v) is 2.49. The Bertz CT molecular complexity index is 412. The molecule has 2 aliphatic heterocycles. The zero-order valence-electron chi connectivity index (χ0n) is 11.0. The van der Waals surface area contributed by atoms with Gasteiger partial charge in [-0.2, -0.15) is 0 Å². The molecule has 0 radical (unpaired) electrons. The Morgan fingerprint density at radius 3 is 2.79 bits per heavy atom. The smallest absolute Gasteiger partial charge is 0.325 e. The Balaban J connectivity index is 1.93. The van der Waals surface area contributed by atoms with Gasteiger partial charge in [0.2, 0.25) is 11.8 Å². The average molecular weight is 269 g/mol. The van der Waals surface area contributed by atoms with Gasteiger partial charge in [-0.15, -0.1) is 0 Å². The molecule has 0 spiro atoms. The molecule has 2 heterocycles. The normalized spacial score (nSPS) is 27.7. The van der Waals surface area contributed by atoms with E-state index in [1.54, 1.807) is 4.90 Å². The Labute approximate surface area is 111 Å². The molecule has 0 aromatic rings. The number of rotatable bonds is 3. The highest BCUT2D eigenvalue weighted by Crippen LogP contribution is 2.24. The lowest BCUT2D eigenvalue weighted by molar-refractivity contribution is -0.139. The zero-order chi connectivity index (χ0) is 14.0. The number of hydrogen-bond donors (Lipinski definition) is 2. The highest BCUT2D eigenvalue weighted by atomic mass is 16.3. The minimum atomic E-state index is -0.822. The van der Waals surface area contributed by atoms with Crippen molar-refractivity contribution in [3.8, 4) is 0 Å². The van der Waals surface area contributed by atoms with Crippen LogP contribution < -0.4 is 5.32 Å². The fraction of sp³-hybridized carbons (Fsp3) is 0.750. The van der Waals surface area contributed by atoms with E-state index >= 15 is 0 Å². The van der Waals surface area contributed by atoms with Crippen molar-refractivity contribution < 1.29 is 19.5 Å². The molecule has 2 rings (SSSR count). The number of imide groups is 1. The molecule has 2 fully saturated rings. The highest BCUT2D eigenvalue weighted by molar-refractivity contribution is 6.03. The Morgan fingerprint density at radius 1 is 1.47 bits per heavy atom. The molecule has 19 heavy (non-hydrogen) atoms. The third-order valence-electron chi connectivity index (χ3n) is 3.76. The van der Waals surface area contributed by atoms with Gasteiger partial charge in [-0.25, -0.2) is 4.79 Å². The molecule has 2 saturated heterocycles. The summed E-state index contributed by atoms with van der Waals surface area (Å²) < 4.78 is 0. The van der Waals surface area contributed by atoms with Crippen LogP contribution in [0.3, 0.4) is 0 Å². The number of carbonyl (C=O) groups is 3. The second-order valence-electron chi connectivity index (χ2n) is 5.21. The third-order valence-corrected chi connectivity index (χ3v) is 3.76. The first-order valence-corrected chi connectivity index (χ1v) is 6.52. The number of β-amino-alcohol motifs (C(OH)–C–C–N with tert-alkyl or cyclic N) is 1. The van der Waals surface area contributed by atoms with Crippen LogP contribution in [0.2, 0.25) is 0 Å². The van der Waals surface area contributed by atoms with Crippen LogP contribution in [0.25, 0.3) is 0 Å². The maximum absolute atomic E-state index is 12.1. The van der Waals surface area contributed by atoms with Gasteiger partial charge in [0.15, 0.2) is 0 Å². The summed E-state index contributed by atoms with van der Waals surface area (Å²) in [7, 11) is 0. The average Bonchev–Trinajstić information content (AvgIpc) is 2.68. The summed E-state index contributed by atoms with van der Waals surface area (Å²) >= 11 is 0. The van der Waals surface area contributed by atoms with Crippen molar-refractivity contribution in [1.82, 2.24) is 15.1 Å². The molecule has 0 aliphatic carbocycles. The molecule has 1 unspecified atom stereocenters. The predicted octanol–water partition coefficient (Wildman–Crippen LogP) is -0.698. The van der Waals surface area contributed by atoms with Gasteiger partial charge < -0.3 is 14.9 Å². The van der Waals surface area contributed by atoms with Crippen molar-refractivity contribution in [2.45, 2.75) is 31.8 Å². The van der Waals surface area contributed by atoms with E-state index < -0.39 is 11.6 Å². The Kier molecular flexibility index (Phi) is 3.75. The van der Waals surface area contributed by atoms with Crippen LogP contribution in [0.15, 0.2) is 0 Å². The first-order valence-electron chi connectivity index (χ1n) is 6.52. The quantitative estimate of drug-likeness (QED) is 0.663. The largest absolute Gasteiger partial charge is 0.388 e. The van der Waals surface area contributed by atoms with Crippen molar-refractivity contribution in [1.29, 1.82) is 0 Å². The second kappa shape index (κ2) is 5.16. The predicted molar refractivity (Wildman–Crippen MR) is 66.2 cm³/mol. The van der Waals surface area contributed by atoms with E-state index in [4.69, 9.17) is 0 Å². The van der Waals surface area contributed by atoms with Gasteiger partial charge >= 0.3 is 6.03 Å². The maximum Gasteiger partial charge on any atom is 0.325 e. The summed E-state index contributed by atoms with van der Waals surface area (Å²) in [5, 5.41) is 12.3. The number of likely N-dealkylation sites (tertiary alicyclic amines) is 1. The lowest BCUT2D eigenvalue weighted by Crippen LogP contribution is -2.52. The number of carbonyl (C=O) groups excluding carboxylic acids is 3. The van der Waals surface area contributed by atoms with E-state index in [2.05, 4.69) is 5.32 Å². The van der Waals surface area contributed by atoms with Gasteiger partial charge in [0.1, 0.15) is 13.1 Å². The van der Waals surface area contributed by atoms with Gasteiger partial charge in [0.05, 0.1) is 5.60 Å². The van der Waals surface area contributed by atoms with Crippen LogP contribution in [-0.2, 0) is 9.59 Å². The van der Waals surface area contributed by atoms with Crippen LogP contribution in [0.5, 0.6) is 0 Å². The van der Waals surface area contributed by atoms with Crippen molar-refractivity contribution in [2.75, 3.05) is 26.2 Å². The number of nitrogens with zero attached hydrogens (tertiary/aromatic N) is 2. The molecule has 0 saturated carbocycles. The lowest BCUT2D eigenvalue weighted by Gasteiger charge is -2.39. The minimum Gasteiger partial charge on any atom is -0.388 e. The van der Waals surface area contributed by atoms with E-state index in [9.17, 15) is 19.5 Å². The molecule has 0 bridgehead atoms. The summed E-state index contributed by atoms with van der Waals surface area (Å²) in [6.45, 7) is 2.59. The number of nitrogens with one attached hydrogen (secondary N) is 1. The van der Waals surface area contributed by atoms with Gasteiger partial charge in [-0.05, 0) is 19.3 Å². The number of hydrogen-bond acceptors (Lipinski definition) is 4. The van der Waals surface area contributed by atoms with Gasteiger partial charge in [0, 0.05) is 13.1 Å². The SMILES string of the molecule is CCC1(O)CCCN(C(=O)CN2CC(=O)NC2=O)C1. The molecule has 0 aromatic carbocycles. The van der Waals surface area contributed by atoms with Gasteiger partial charge in [-0.1, -0.05) is 6.92 Å². The monoisotopic (exact) mass is 269 g/mol. The zero-order valence-corrected chi connectivity index (χ0v) is 11.0. The second-order valence-corrected chi connectivity index (χ2v) is 5.21. The third kappa shape index (κ3) is 3.04. The first kappa shape index (κ1) is 13.8. The summed E-state index contributed by atoms with van der Waals surface area (Å²) in [4.78, 5) is 37.2. The highest BCUT2D eigenvalue weighted by Gasteiger charge is 2.35. The van der Waals surface area contributed by atoms with Crippen LogP contribution in [0, 0.1) is 0 Å². The number of aliphatic hydroxyl groups is 1. The molecule has 7 nitrogen and oxygen atoms in total. The molecule has 2 aliphatic rings. The van der Waals surface area contributed by atoms with Gasteiger partial charge in [-0.3, -0.25) is 14.9 Å². The number of urea groups is 1. The Hall–Kier alpha value is -1.63. The van der Waals surface area contributed by atoms with Crippen LogP contribution in [0.4, 0.5) is 4.79 Å². The Morgan fingerprint density at radius 2 is 2.21 bits per heavy atom. The van der Waals surface area contributed by atoms with Crippen molar-refractivity contribution in [2.24, 2.45) is 0 Å². The van der Waals surface area contributed by atoms with Crippen molar-refractivity contribution in [3.05, 3.63) is 0 Å². The van der Waals surface area contributed by atoms with Crippen molar-refractivity contribution in [3.63, 3.8) is 0 Å². The molecule has 0 aromatic heterocycles. The molecule has 106 valence electrons. The van der Waals surface area contributed by atoms with E-state index in [1.807, 2.05) is 6.92 Å². The maximum atomic E-state index is 12.1. The molecule has 2 N–H and O–H groups in total. The van der Waals surface area contributed by atoms with E-state index in [-0.39, 0.29) is 24.9 Å². The lowest BCUT2D eigenvalue weighted by atomic mass is 9.90. The summed E-state index contributed by atoms with van der Waals surface area (Å²) in [6, 6.07) is -0.527. The van der Waals surface area contributed by atoms with E-state index in [0.29, 0.717) is 25.9 Å².